The molecule has 0 aliphatic rings. The summed E-state index contributed by atoms with van der Waals surface area (Å²) in [7, 11) is 0. The van der Waals surface area contributed by atoms with Gasteiger partial charge >= 0.3 is 0 Å². The summed E-state index contributed by atoms with van der Waals surface area (Å²) in [6, 6.07) is 11.1. The van der Waals surface area contributed by atoms with Crippen LogP contribution in [0.5, 0.6) is 5.75 Å². The summed E-state index contributed by atoms with van der Waals surface area (Å²) in [4.78, 5) is 28.8. The van der Waals surface area contributed by atoms with E-state index in [2.05, 4.69) is 10.3 Å². The van der Waals surface area contributed by atoms with Gasteiger partial charge in [-0.1, -0.05) is 18.2 Å². The first-order valence-corrected chi connectivity index (χ1v) is 10.2. The highest BCUT2D eigenvalue weighted by molar-refractivity contribution is 7.99. The fraction of sp³-hybridized carbons (Fsp3) is 0.278. The summed E-state index contributed by atoms with van der Waals surface area (Å²) in [5, 5.41) is 4.70. The maximum absolute atomic E-state index is 11.9. The van der Waals surface area contributed by atoms with Gasteiger partial charge in [-0.15, -0.1) is 23.1 Å². The monoisotopic (exact) mass is 389 g/mol. The lowest BCUT2D eigenvalue weighted by atomic mass is 10.3. The summed E-state index contributed by atoms with van der Waals surface area (Å²) >= 11 is 2.87. The quantitative estimate of drug-likeness (QED) is 0.570. The Balaban J connectivity index is 1.32. The second-order valence-corrected chi connectivity index (χ2v) is 7.36. The molecule has 0 aliphatic carbocycles. The number of carbonyl (C=O) groups excluding carboxylic acids is 1. The average molecular weight is 390 g/mol. The number of amides is 1. The summed E-state index contributed by atoms with van der Waals surface area (Å²) in [6.45, 7) is 1.14. The van der Waals surface area contributed by atoms with E-state index in [9.17, 15) is 9.59 Å². The molecule has 3 aromatic rings. The smallest absolute Gasteiger partial charge is 0.258 e. The zero-order valence-corrected chi connectivity index (χ0v) is 15.7. The van der Waals surface area contributed by atoms with Gasteiger partial charge in [-0.25, -0.2) is 4.98 Å². The predicted molar refractivity (Wildman–Crippen MR) is 105 cm³/mol. The highest BCUT2D eigenvalue weighted by atomic mass is 32.2. The molecule has 0 saturated carbocycles. The third kappa shape index (κ3) is 5.34. The molecule has 6 nitrogen and oxygen atoms in total. The second kappa shape index (κ2) is 9.40. The average Bonchev–Trinajstić information content (AvgIpc) is 3.11. The van der Waals surface area contributed by atoms with Crippen molar-refractivity contribution < 1.29 is 9.53 Å². The van der Waals surface area contributed by atoms with Crippen molar-refractivity contribution in [1.82, 2.24) is 14.7 Å². The molecule has 2 aromatic heterocycles. The number of benzene rings is 1. The minimum atomic E-state index is -0.0882. The van der Waals surface area contributed by atoms with E-state index in [4.69, 9.17) is 4.74 Å². The molecule has 3 rings (SSSR count). The maximum atomic E-state index is 11.9. The number of fused-ring (bicyclic) bond motifs is 1. The van der Waals surface area contributed by atoms with Crippen LogP contribution in [0.4, 0.5) is 0 Å². The number of thiazole rings is 1. The molecular formula is C18H19N3O3S2. The normalized spacial score (nSPS) is 10.8. The lowest BCUT2D eigenvalue weighted by Crippen LogP contribution is -2.27. The number of carbonyl (C=O) groups is 1. The van der Waals surface area contributed by atoms with Crippen LogP contribution in [0.15, 0.2) is 52.8 Å². The first-order valence-electron chi connectivity index (χ1n) is 8.20. The van der Waals surface area contributed by atoms with Gasteiger partial charge in [0.1, 0.15) is 5.75 Å². The minimum Gasteiger partial charge on any atom is -0.494 e. The zero-order valence-electron chi connectivity index (χ0n) is 14.1. The van der Waals surface area contributed by atoms with E-state index in [-0.39, 0.29) is 11.5 Å². The maximum Gasteiger partial charge on any atom is 0.258 e. The number of thioether (sulfide) groups is 1. The van der Waals surface area contributed by atoms with Gasteiger partial charge in [-0.2, -0.15) is 0 Å². The Morgan fingerprint density at radius 3 is 3.00 bits per heavy atom. The van der Waals surface area contributed by atoms with Crippen LogP contribution in [-0.4, -0.2) is 34.2 Å². The number of nitrogens with zero attached hydrogens (tertiary/aromatic N) is 2. The van der Waals surface area contributed by atoms with Gasteiger partial charge in [-0.3, -0.25) is 14.0 Å². The predicted octanol–water partition coefficient (Wildman–Crippen LogP) is 2.57. The number of hydrogen-bond acceptors (Lipinski definition) is 6. The largest absolute Gasteiger partial charge is 0.494 e. The van der Waals surface area contributed by atoms with Crippen molar-refractivity contribution in [3.8, 4) is 5.75 Å². The Labute approximate surface area is 159 Å². The molecule has 0 saturated heterocycles. The molecule has 1 amide bonds. The van der Waals surface area contributed by atoms with Gasteiger partial charge in [0.2, 0.25) is 5.91 Å². The van der Waals surface area contributed by atoms with Crippen molar-refractivity contribution in [2.75, 3.05) is 18.9 Å². The second-order valence-electron chi connectivity index (χ2n) is 5.50. The van der Waals surface area contributed by atoms with Crippen LogP contribution in [0.3, 0.4) is 0 Å². The van der Waals surface area contributed by atoms with E-state index in [1.165, 1.54) is 33.6 Å². The molecule has 0 fully saturated rings. The number of ether oxygens (including phenoxy) is 1. The number of para-hydroxylation sites is 1. The van der Waals surface area contributed by atoms with Crippen LogP contribution < -0.4 is 15.6 Å². The van der Waals surface area contributed by atoms with Crippen LogP contribution in [0.25, 0.3) is 4.96 Å². The summed E-state index contributed by atoms with van der Waals surface area (Å²) in [5.41, 5.74) is 0.612. The molecule has 0 atom stereocenters. The van der Waals surface area contributed by atoms with Crippen LogP contribution in [0.1, 0.15) is 12.1 Å². The summed E-state index contributed by atoms with van der Waals surface area (Å²) in [6.07, 6.45) is 2.46. The molecule has 0 radical (unpaired) electrons. The lowest BCUT2D eigenvalue weighted by Gasteiger charge is -2.07. The Bertz CT molecular complexity index is 909. The van der Waals surface area contributed by atoms with E-state index in [0.29, 0.717) is 35.3 Å². The van der Waals surface area contributed by atoms with Crippen LogP contribution in [0.2, 0.25) is 0 Å². The van der Waals surface area contributed by atoms with Crippen molar-refractivity contribution in [2.45, 2.75) is 12.2 Å². The van der Waals surface area contributed by atoms with E-state index >= 15 is 0 Å². The Morgan fingerprint density at radius 2 is 2.15 bits per heavy atom. The van der Waals surface area contributed by atoms with Gasteiger partial charge in [0.05, 0.1) is 18.1 Å². The molecule has 0 bridgehead atoms. The van der Waals surface area contributed by atoms with Crippen LogP contribution >= 0.6 is 23.1 Å². The first kappa shape index (κ1) is 18.5. The Hall–Kier alpha value is -2.32. The van der Waals surface area contributed by atoms with E-state index in [0.717, 1.165) is 12.2 Å². The molecule has 26 heavy (non-hydrogen) atoms. The topological polar surface area (TPSA) is 72.7 Å². The number of aromatic nitrogens is 2. The van der Waals surface area contributed by atoms with Crippen LogP contribution in [0, 0.1) is 0 Å². The summed E-state index contributed by atoms with van der Waals surface area (Å²) < 4.78 is 7.09. The van der Waals surface area contributed by atoms with Gasteiger partial charge in [0, 0.05) is 29.9 Å². The Kier molecular flexibility index (Phi) is 6.68. The number of hydrogen-bond donors (Lipinski definition) is 1. The standard InChI is InChI=1S/C18H19N3O3S2/c22-16(19-7-4-9-24-15-5-2-1-3-6-15)13-25-12-14-11-17(23)21-8-10-26-18(21)20-14/h1-3,5-6,8,10-11H,4,7,9,12-13H2,(H,19,22). The molecule has 8 heteroatoms. The van der Waals surface area contributed by atoms with Crippen molar-refractivity contribution in [3.05, 3.63) is 64.0 Å². The molecule has 0 unspecified atom stereocenters. The third-order valence-corrected chi connectivity index (χ3v) is 5.22. The summed E-state index contributed by atoms with van der Waals surface area (Å²) in [5.74, 6) is 1.68. The van der Waals surface area contributed by atoms with Crippen molar-refractivity contribution in [3.63, 3.8) is 0 Å². The van der Waals surface area contributed by atoms with Gasteiger partial charge in [0.15, 0.2) is 4.96 Å². The van der Waals surface area contributed by atoms with Gasteiger partial charge in [-0.05, 0) is 18.6 Å². The molecule has 0 spiro atoms. The number of rotatable bonds is 9. The molecule has 0 aliphatic heterocycles. The highest BCUT2D eigenvalue weighted by Gasteiger charge is 2.06. The SMILES string of the molecule is O=C(CSCc1cc(=O)n2ccsc2n1)NCCCOc1ccccc1. The van der Waals surface area contributed by atoms with Crippen molar-refractivity contribution in [1.29, 1.82) is 0 Å². The van der Waals surface area contributed by atoms with Gasteiger partial charge < -0.3 is 10.1 Å². The zero-order chi connectivity index (χ0) is 18.2. The first-order chi connectivity index (χ1) is 12.7. The minimum absolute atomic E-state index is 0.0244. The number of nitrogens with one attached hydrogen (secondary N) is 1. The Morgan fingerprint density at radius 1 is 1.31 bits per heavy atom. The van der Waals surface area contributed by atoms with E-state index in [1.54, 1.807) is 6.20 Å². The van der Waals surface area contributed by atoms with Crippen molar-refractivity contribution in [2.24, 2.45) is 0 Å². The van der Waals surface area contributed by atoms with Gasteiger partial charge in [0.25, 0.3) is 5.56 Å². The molecule has 1 N–H and O–H groups in total. The molecule has 2 heterocycles. The molecule has 1 aromatic carbocycles. The van der Waals surface area contributed by atoms with E-state index in [1.807, 2.05) is 35.7 Å². The molecular weight excluding hydrogens is 370 g/mol. The molecule has 136 valence electrons. The van der Waals surface area contributed by atoms with Crippen molar-refractivity contribution >= 4 is 34.0 Å². The van der Waals surface area contributed by atoms with Crippen LogP contribution in [-0.2, 0) is 10.5 Å². The third-order valence-electron chi connectivity index (χ3n) is 3.49. The van der Waals surface area contributed by atoms with E-state index < -0.39 is 0 Å². The highest BCUT2D eigenvalue weighted by Crippen LogP contribution is 2.12. The fourth-order valence-corrected chi connectivity index (χ4v) is 3.75. The fourth-order valence-electron chi connectivity index (χ4n) is 2.27. The lowest BCUT2D eigenvalue weighted by molar-refractivity contribution is -0.118.